The second-order valence-corrected chi connectivity index (χ2v) is 27.0. The van der Waals surface area contributed by atoms with Crippen LogP contribution >= 0.6 is 0 Å². The zero-order chi connectivity index (χ0) is 75.1. The fourth-order valence-electron chi connectivity index (χ4n) is 13.6. The Morgan fingerprint density at radius 2 is 0.298 bits per heavy atom. The van der Waals surface area contributed by atoms with E-state index in [0.29, 0.717) is 106 Å². The molecule has 0 bridgehead atoms. The van der Waals surface area contributed by atoms with Crippen molar-refractivity contribution in [3.05, 3.63) is 163 Å². The molecule has 0 saturated heterocycles. The van der Waals surface area contributed by atoms with Crippen LogP contribution in [0.15, 0.2) is 95.5 Å². The highest BCUT2D eigenvalue weighted by atomic mass is 16.2. The molecule has 0 spiro atoms. The van der Waals surface area contributed by atoms with Crippen molar-refractivity contribution in [1.29, 1.82) is 0 Å². The number of aryl methyl sites for hydroxylation is 12. The van der Waals surface area contributed by atoms with Crippen LogP contribution in [0.3, 0.4) is 0 Å². The maximum Gasteiger partial charge on any atom is 0.332 e. The fraction of sp³-hybridized carbons (Fsp3) is 0.559. The third-order valence-electron chi connectivity index (χ3n) is 19.9. The average Bonchev–Trinajstić information content (AvgIpc) is 1.62. The topological polar surface area (TPSA) is 371 Å². The lowest BCUT2D eigenvalue weighted by atomic mass is 10.1. The number of unbranched alkanes of at least 4 members (excludes halogenated alkanes) is 17. The molecule has 0 radical (unpaired) electrons. The lowest BCUT2D eigenvalue weighted by molar-refractivity contribution is 0.529. The van der Waals surface area contributed by atoms with Crippen LogP contribution in [0.1, 0.15) is 128 Å². The first-order chi connectivity index (χ1) is 49.7. The Kier molecular flexibility index (Phi) is 23.6. The van der Waals surface area contributed by atoms with Gasteiger partial charge >= 0.3 is 34.1 Å². The van der Waals surface area contributed by atoms with E-state index in [4.69, 9.17) is 0 Å². The first-order valence-electron chi connectivity index (χ1n) is 35.4. The molecule has 0 aliphatic carbocycles. The minimum absolute atomic E-state index is 0.307. The molecule has 0 aliphatic heterocycles. The highest BCUT2D eigenvalue weighted by Gasteiger charge is 2.21. The van der Waals surface area contributed by atoms with Gasteiger partial charge in [-0.2, -0.15) is 0 Å². The largest absolute Gasteiger partial charge is 0.332 e. The zero-order valence-corrected chi connectivity index (χ0v) is 61.5. The molecule has 0 atom stereocenters. The summed E-state index contributed by atoms with van der Waals surface area (Å²) in [6.07, 6.45) is 30.3. The SMILES string of the molecule is Cn1c(=O)c2c(ncn2CCCCCCCCCCn2cnc3c2c(=O)n(C)c(=O)n3C)n(C)c1=O.Cn1c(=O)c2c(ncn2CCCCCCCCCn2cnc3c2c(=O)n(C)c(=O)n3C)n(C)c1=O.Cn1c(=O)c2c(ncn2CCCCCCCn2cnc3c2c(=O)n(C)c(=O)n3C)n(C)c1=O. The van der Waals surface area contributed by atoms with Crippen molar-refractivity contribution in [2.75, 3.05) is 0 Å². The Morgan fingerprint density at radius 1 is 0.183 bits per heavy atom. The van der Waals surface area contributed by atoms with Gasteiger partial charge in [-0.15, -0.1) is 0 Å². The molecule has 12 heterocycles. The summed E-state index contributed by atoms with van der Waals surface area (Å²) in [6.45, 7) is 4.09. The van der Waals surface area contributed by atoms with E-state index in [1.807, 2.05) is 27.4 Å². The first kappa shape index (κ1) is 75.6. The van der Waals surface area contributed by atoms with E-state index in [1.165, 1.54) is 69.7 Å². The quantitative estimate of drug-likeness (QED) is 0.0599. The summed E-state index contributed by atoms with van der Waals surface area (Å²) in [5, 5.41) is 0. The number of hydrogen-bond donors (Lipinski definition) is 0. The van der Waals surface area contributed by atoms with Gasteiger partial charge in [-0.05, 0) is 38.5 Å². The molecule has 0 N–H and O–H groups in total. The van der Waals surface area contributed by atoms with Crippen molar-refractivity contribution >= 4 is 67.0 Å². The lowest BCUT2D eigenvalue weighted by Crippen LogP contribution is -2.37. The number of imidazole rings is 6. The molecule has 12 rings (SSSR count). The van der Waals surface area contributed by atoms with Crippen molar-refractivity contribution in [3.8, 4) is 0 Å². The monoisotopic (exact) mass is 1440 g/mol. The second kappa shape index (κ2) is 32.5. The van der Waals surface area contributed by atoms with Crippen LogP contribution < -0.4 is 67.5 Å². The molecule has 12 aromatic heterocycles. The van der Waals surface area contributed by atoms with Gasteiger partial charge in [0.2, 0.25) is 0 Å². The van der Waals surface area contributed by atoms with Crippen LogP contribution in [0.5, 0.6) is 0 Å². The van der Waals surface area contributed by atoms with Crippen molar-refractivity contribution in [1.82, 2.24) is 112 Å². The second-order valence-electron chi connectivity index (χ2n) is 27.0. The van der Waals surface area contributed by atoms with E-state index >= 15 is 0 Å². The van der Waals surface area contributed by atoms with Crippen LogP contribution in [-0.4, -0.2) is 112 Å². The minimum atomic E-state index is -0.386. The maximum atomic E-state index is 12.5. The van der Waals surface area contributed by atoms with Crippen LogP contribution in [0, 0.1) is 0 Å². The Bertz CT molecular complexity index is 5600. The molecule has 0 aromatic carbocycles. The van der Waals surface area contributed by atoms with E-state index in [9.17, 15) is 57.5 Å². The molecule has 0 unspecified atom stereocenters. The first-order valence-corrected chi connectivity index (χ1v) is 35.4. The van der Waals surface area contributed by atoms with E-state index in [1.54, 1.807) is 80.2 Å². The van der Waals surface area contributed by atoms with Crippen molar-refractivity contribution < 1.29 is 0 Å². The molecule has 36 nitrogen and oxygen atoms in total. The summed E-state index contributed by atoms with van der Waals surface area (Å²) in [5.74, 6) is 0. The molecule has 0 amide bonds. The summed E-state index contributed by atoms with van der Waals surface area (Å²) in [4.78, 5) is 173. The number of hydrogen-bond acceptors (Lipinski definition) is 18. The highest BCUT2D eigenvalue weighted by molar-refractivity contribution is 5.73. The lowest BCUT2D eigenvalue weighted by Gasteiger charge is -2.08. The van der Waals surface area contributed by atoms with Crippen LogP contribution in [-0.2, 0) is 124 Å². The van der Waals surface area contributed by atoms with E-state index in [-0.39, 0.29) is 67.5 Å². The average molecular weight is 1440 g/mol. The third kappa shape index (κ3) is 14.9. The normalized spacial score (nSPS) is 11.8. The Morgan fingerprint density at radius 3 is 0.423 bits per heavy atom. The van der Waals surface area contributed by atoms with Crippen LogP contribution in [0.2, 0.25) is 0 Å². The fourth-order valence-corrected chi connectivity index (χ4v) is 13.6. The van der Waals surface area contributed by atoms with Gasteiger partial charge in [0, 0.05) is 124 Å². The zero-order valence-electron chi connectivity index (χ0n) is 61.5. The van der Waals surface area contributed by atoms with Gasteiger partial charge in [0.15, 0.2) is 67.0 Å². The number of aromatic nitrogens is 24. The summed E-state index contributed by atoms with van der Waals surface area (Å²) >= 11 is 0. The van der Waals surface area contributed by atoms with Crippen LogP contribution in [0.4, 0.5) is 0 Å². The van der Waals surface area contributed by atoms with Gasteiger partial charge in [-0.25, -0.2) is 58.7 Å². The summed E-state index contributed by atoms with van der Waals surface area (Å²) in [5.41, 5.74) is 1.13. The molecular weight excluding hydrogens is 1340 g/mol. The maximum absolute atomic E-state index is 12.5. The highest BCUT2D eigenvalue weighted by Crippen LogP contribution is 2.17. The number of rotatable bonds is 29. The van der Waals surface area contributed by atoms with Gasteiger partial charge in [-0.1, -0.05) is 89.9 Å². The molecule has 0 saturated carbocycles. The van der Waals surface area contributed by atoms with E-state index in [0.717, 1.165) is 156 Å². The molecule has 0 fully saturated rings. The van der Waals surface area contributed by atoms with Gasteiger partial charge in [0.25, 0.3) is 33.4 Å². The molecular formula is C68H94N24O12. The van der Waals surface area contributed by atoms with Gasteiger partial charge < -0.3 is 27.4 Å². The Balaban J connectivity index is 0.000000168. The molecule has 12 aromatic rings. The predicted molar refractivity (Wildman–Crippen MR) is 394 cm³/mol. The van der Waals surface area contributed by atoms with Crippen LogP contribution in [0.25, 0.3) is 67.0 Å². The molecule has 0 aliphatic rings. The number of fused-ring (bicyclic) bond motifs is 6. The number of nitrogens with zero attached hydrogens (tertiary/aromatic N) is 24. The van der Waals surface area contributed by atoms with Gasteiger partial charge in [-0.3, -0.25) is 83.6 Å². The van der Waals surface area contributed by atoms with Gasteiger partial charge in [0.1, 0.15) is 0 Å². The van der Waals surface area contributed by atoms with Gasteiger partial charge in [0.05, 0.1) is 38.0 Å². The third-order valence-corrected chi connectivity index (χ3v) is 19.9. The Labute approximate surface area is 592 Å². The molecule has 558 valence electrons. The Hall–Kier alpha value is -11.1. The minimum Gasteiger partial charge on any atom is -0.325 e. The molecule has 36 heteroatoms. The van der Waals surface area contributed by atoms with Crippen molar-refractivity contribution in [2.45, 2.75) is 168 Å². The summed E-state index contributed by atoms with van der Waals surface area (Å²) < 4.78 is 26.1. The van der Waals surface area contributed by atoms with E-state index < -0.39 is 0 Å². The van der Waals surface area contributed by atoms with E-state index in [2.05, 4.69) is 29.9 Å². The predicted octanol–water partition coefficient (Wildman–Crippen LogP) is 1.44. The standard InChI is InChI=1S/C24H34N8O4.C23H32N8O4.C21H28N8O4/c1-27-19-17(21(33)29(3)23(27)35)31(15-25-19)13-11-9-7-5-6-8-10-12-14-32-16-26-20-18(32)22(34)30(4)24(36)28(20)2;1-26-18-16(20(32)28(3)22(26)34)30(14-24-18)12-10-8-6-5-7-9-11-13-31-15-25-19-17(31)21(33)29(4)23(35)27(19)2;1-24-16-14(18(30)26(3)20(24)32)28(12-22-16)10-8-6-5-7-9-11-29-13-23-17-15(29)19(31)27(4)21(33)25(17)2/h15-16H,5-14H2,1-4H3;14-15H,5-13H2,1-4H3;12-13H,5-11H2,1-4H3. The smallest absolute Gasteiger partial charge is 0.325 e. The summed E-state index contributed by atoms with van der Waals surface area (Å²) in [7, 11) is 18.6. The van der Waals surface area contributed by atoms with Crippen molar-refractivity contribution in [2.24, 2.45) is 84.6 Å². The molecule has 104 heavy (non-hydrogen) atoms. The van der Waals surface area contributed by atoms with Crippen molar-refractivity contribution in [3.63, 3.8) is 0 Å². The summed E-state index contributed by atoms with van der Waals surface area (Å²) in [6, 6.07) is 0.